The number of para-hydroxylation sites is 1. The van der Waals surface area contributed by atoms with Crippen molar-refractivity contribution in [3.05, 3.63) is 72.8 Å². The highest BCUT2D eigenvalue weighted by molar-refractivity contribution is 5.79. The number of ether oxygens (including phenoxy) is 1. The first-order valence-corrected chi connectivity index (χ1v) is 9.17. The third kappa shape index (κ3) is 3.40. The summed E-state index contributed by atoms with van der Waals surface area (Å²) in [4.78, 5) is 17.4. The van der Waals surface area contributed by atoms with E-state index in [1.807, 2.05) is 48.5 Å². The maximum atomic E-state index is 6.15. The molecule has 0 saturated heterocycles. The van der Waals surface area contributed by atoms with E-state index in [0.717, 1.165) is 16.6 Å². The van der Waals surface area contributed by atoms with Gasteiger partial charge < -0.3 is 4.74 Å². The van der Waals surface area contributed by atoms with Gasteiger partial charge in [0.1, 0.15) is 17.6 Å². The summed E-state index contributed by atoms with van der Waals surface area (Å²) in [5, 5.41) is 0.998. The minimum Gasteiger partial charge on any atom is -0.437 e. The van der Waals surface area contributed by atoms with Gasteiger partial charge in [-0.05, 0) is 49.2 Å². The van der Waals surface area contributed by atoms with Crippen LogP contribution in [0.15, 0.2) is 67.3 Å². The summed E-state index contributed by atoms with van der Waals surface area (Å²) in [6.45, 7) is 0. The average Bonchev–Trinajstić information content (AvgIpc) is 3.58. The first-order chi connectivity index (χ1) is 13.9. The van der Waals surface area contributed by atoms with E-state index in [0.29, 0.717) is 28.8 Å². The van der Waals surface area contributed by atoms with Crippen LogP contribution in [0.25, 0.3) is 22.3 Å². The predicted molar refractivity (Wildman–Crippen MR) is 107 cm³/mol. The Morgan fingerprint density at radius 2 is 1.89 bits per heavy atom. The van der Waals surface area contributed by atoms with Crippen molar-refractivity contribution in [2.45, 2.75) is 12.8 Å². The normalized spacial score (nSPS) is 13.0. The molecule has 5 heteroatoms. The summed E-state index contributed by atoms with van der Waals surface area (Å²) < 4.78 is 6.15. The van der Waals surface area contributed by atoms with Crippen LogP contribution in [-0.4, -0.2) is 19.9 Å². The second-order valence-electron chi connectivity index (χ2n) is 6.63. The third-order valence-electron chi connectivity index (χ3n) is 4.50. The number of fused-ring (bicyclic) bond motifs is 1. The molecule has 1 aliphatic carbocycles. The van der Waals surface area contributed by atoms with E-state index in [2.05, 4.69) is 31.8 Å². The van der Waals surface area contributed by atoms with Crippen molar-refractivity contribution in [1.29, 1.82) is 0 Å². The zero-order chi connectivity index (χ0) is 18.8. The van der Waals surface area contributed by atoms with Gasteiger partial charge in [0, 0.05) is 29.3 Å². The Morgan fingerprint density at radius 1 is 0.964 bits per heavy atom. The van der Waals surface area contributed by atoms with Crippen LogP contribution < -0.4 is 4.74 Å². The van der Waals surface area contributed by atoms with Crippen LogP contribution in [0.2, 0.25) is 0 Å². The van der Waals surface area contributed by atoms with E-state index in [-0.39, 0.29) is 0 Å². The van der Waals surface area contributed by atoms with Gasteiger partial charge in [0.25, 0.3) is 0 Å². The molecule has 3 aromatic heterocycles. The molecular weight excluding hydrogens is 348 g/mol. The maximum Gasteiger partial charge on any atom is 0.238 e. The number of benzene rings is 1. The third-order valence-corrected chi connectivity index (χ3v) is 4.50. The van der Waals surface area contributed by atoms with Crippen molar-refractivity contribution < 1.29 is 4.74 Å². The molecule has 134 valence electrons. The monoisotopic (exact) mass is 364 g/mol. The lowest BCUT2D eigenvalue weighted by atomic mass is 10.1. The molecule has 4 aromatic rings. The van der Waals surface area contributed by atoms with Gasteiger partial charge in [-0.15, -0.1) is 0 Å². The molecule has 1 aromatic carbocycles. The van der Waals surface area contributed by atoms with E-state index in [1.54, 1.807) is 12.4 Å². The number of pyridine rings is 2. The van der Waals surface area contributed by atoms with Crippen LogP contribution >= 0.6 is 0 Å². The van der Waals surface area contributed by atoms with Gasteiger partial charge in [0.05, 0.1) is 5.69 Å². The van der Waals surface area contributed by atoms with Gasteiger partial charge in [-0.2, -0.15) is 0 Å². The van der Waals surface area contributed by atoms with Crippen LogP contribution in [0, 0.1) is 17.8 Å². The molecule has 5 rings (SSSR count). The Bertz CT molecular complexity index is 1220. The molecule has 28 heavy (non-hydrogen) atoms. The van der Waals surface area contributed by atoms with E-state index in [9.17, 15) is 0 Å². The van der Waals surface area contributed by atoms with Gasteiger partial charge in [-0.1, -0.05) is 24.0 Å². The molecule has 1 fully saturated rings. The molecule has 0 N–H and O–H groups in total. The van der Waals surface area contributed by atoms with Crippen LogP contribution in [0.4, 0.5) is 0 Å². The lowest BCUT2D eigenvalue weighted by molar-refractivity contribution is 0.461. The molecule has 0 radical (unpaired) electrons. The van der Waals surface area contributed by atoms with Gasteiger partial charge in [0.2, 0.25) is 5.88 Å². The number of hydrogen-bond donors (Lipinski definition) is 0. The molecule has 0 aliphatic heterocycles. The maximum absolute atomic E-state index is 6.15. The zero-order valence-electron chi connectivity index (χ0n) is 15.0. The quantitative estimate of drug-likeness (QED) is 0.496. The number of nitrogens with zero attached hydrogens (tertiary/aromatic N) is 4. The first kappa shape index (κ1) is 16.4. The van der Waals surface area contributed by atoms with Gasteiger partial charge in [-0.3, -0.25) is 0 Å². The highest BCUT2D eigenvalue weighted by Gasteiger charge is 2.18. The fraction of sp³-hybridized carbons (Fsp3) is 0.130. The van der Waals surface area contributed by atoms with Gasteiger partial charge in [-0.25, -0.2) is 19.9 Å². The van der Waals surface area contributed by atoms with E-state index in [1.165, 1.54) is 19.2 Å². The van der Waals surface area contributed by atoms with Crippen molar-refractivity contribution in [1.82, 2.24) is 19.9 Å². The number of aromatic nitrogens is 4. The van der Waals surface area contributed by atoms with E-state index >= 15 is 0 Å². The van der Waals surface area contributed by atoms with Gasteiger partial charge >= 0.3 is 0 Å². The Labute approximate surface area is 162 Å². The second kappa shape index (κ2) is 7.09. The Morgan fingerprint density at radius 3 is 2.82 bits per heavy atom. The van der Waals surface area contributed by atoms with Crippen molar-refractivity contribution in [3.63, 3.8) is 0 Å². The lowest BCUT2D eigenvalue weighted by Crippen LogP contribution is -1.96. The molecule has 1 aliphatic rings. The van der Waals surface area contributed by atoms with E-state index in [4.69, 9.17) is 4.74 Å². The van der Waals surface area contributed by atoms with Crippen LogP contribution in [0.1, 0.15) is 18.4 Å². The van der Waals surface area contributed by atoms with E-state index < -0.39 is 0 Å². The standard InChI is InChI=1S/C23H16N4O/c1-2-6-21(28-23-18(14-24-15-26-23)10-9-16-7-8-16)19(5-1)20-12-11-17-4-3-13-25-22(17)27-20/h1-6,11-16H,7-8H2. The Kier molecular flexibility index (Phi) is 4.15. The topological polar surface area (TPSA) is 60.8 Å². The largest absolute Gasteiger partial charge is 0.437 e. The Balaban J connectivity index is 1.53. The molecule has 0 unspecified atom stereocenters. The summed E-state index contributed by atoms with van der Waals surface area (Å²) in [6, 6.07) is 15.6. The summed E-state index contributed by atoms with van der Waals surface area (Å²) in [7, 11) is 0. The molecule has 0 amide bonds. The predicted octanol–water partition coefficient (Wildman–Crippen LogP) is 4.64. The Hall–Kier alpha value is -3.78. The average molecular weight is 364 g/mol. The fourth-order valence-electron chi connectivity index (χ4n) is 2.87. The number of rotatable bonds is 3. The highest BCUT2D eigenvalue weighted by Crippen LogP contribution is 2.33. The fourth-order valence-corrected chi connectivity index (χ4v) is 2.87. The molecule has 5 nitrogen and oxygen atoms in total. The SMILES string of the molecule is C(#CC1CC1)c1cncnc1Oc1ccccc1-c1ccc2cccnc2n1. The van der Waals surface area contributed by atoms with Crippen molar-refractivity contribution >= 4 is 11.0 Å². The summed E-state index contributed by atoms with van der Waals surface area (Å²) in [5.74, 6) is 8.00. The molecular formula is C23H16N4O. The van der Waals surface area contributed by atoms with Gasteiger partial charge in [0.15, 0.2) is 5.65 Å². The first-order valence-electron chi connectivity index (χ1n) is 9.17. The summed E-state index contributed by atoms with van der Waals surface area (Å²) in [6.07, 6.45) is 7.24. The summed E-state index contributed by atoms with van der Waals surface area (Å²) >= 11 is 0. The van der Waals surface area contributed by atoms with Crippen molar-refractivity contribution in [3.8, 4) is 34.7 Å². The molecule has 0 atom stereocenters. The minimum atomic E-state index is 0.453. The van der Waals surface area contributed by atoms with Crippen molar-refractivity contribution in [2.75, 3.05) is 0 Å². The number of hydrogen-bond acceptors (Lipinski definition) is 5. The molecule has 0 spiro atoms. The zero-order valence-corrected chi connectivity index (χ0v) is 15.0. The van der Waals surface area contributed by atoms with Crippen LogP contribution in [0.3, 0.4) is 0 Å². The summed E-state index contributed by atoms with van der Waals surface area (Å²) in [5.41, 5.74) is 3.06. The van der Waals surface area contributed by atoms with Crippen LogP contribution in [-0.2, 0) is 0 Å². The highest BCUT2D eigenvalue weighted by atomic mass is 16.5. The minimum absolute atomic E-state index is 0.453. The van der Waals surface area contributed by atoms with Crippen LogP contribution in [0.5, 0.6) is 11.6 Å². The smallest absolute Gasteiger partial charge is 0.238 e. The lowest BCUT2D eigenvalue weighted by Gasteiger charge is -2.11. The van der Waals surface area contributed by atoms with Crippen molar-refractivity contribution in [2.24, 2.45) is 5.92 Å². The molecule has 3 heterocycles. The second-order valence-corrected chi connectivity index (χ2v) is 6.63. The molecule has 1 saturated carbocycles. The molecule has 0 bridgehead atoms.